The van der Waals surface area contributed by atoms with Gasteiger partial charge in [-0.3, -0.25) is 0 Å². The van der Waals surface area contributed by atoms with E-state index in [0.29, 0.717) is 18.2 Å². The minimum Gasteiger partial charge on any atom is -0.478 e. The van der Waals surface area contributed by atoms with Crippen LogP contribution in [-0.4, -0.2) is 11.6 Å². The van der Waals surface area contributed by atoms with Crippen LogP contribution in [0.1, 0.15) is 12.6 Å². The minimum atomic E-state index is 0.635. The highest BCUT2D eigenvalue weighted by atomic mass is 16.5. The van der Waals surface area contributed by atoms with Gasteiger partial charge in [0.05, 0.1) is 18.0 Å². The molecular formula is C8H12N2O. The van der Waals surface area contributed by atoms with Crippen molar-refractivity contribution in [3.05, 3.63) is 17.8 Å². The minimum absolute atomic E-state index is 0.635. The summed E-state index contributed by atoms with van der Waals surface area (Å²) in [6.45, 7) is 4.42. The molecule has 0 bridgehead atoms. The van der Waals surface area contributed by atoms with E-state index in [1.807, 2.05) is 13.8 Å². The molecule has 0 aliphatic heterocycles. The van der Waals surface area contributed by atoms with Crippen LogP contribution < -0.4 is 10.5 Å². The van der Waals surface area contributed by atoms with Crippen LogP contribution in [-0.2, 0) is 0 Å². The fourth-order valence-electron chi connectivity index (χ4n) is 0.777. The van der Waals surface area contributed by atoms with Crippen molar-refractivity contribution in [3.8, 4) is 5.88 Å². The Morgan fingerprint density at radius 1 is 1.55 bits per heavy atom. The number of hydrogen-bond acceptors (Lipinski definition) is 3. The zero-order valence-corrected chi connectivity index (χ0v) is 6.79. The lowest BCUT2D eigenvalue weighted by atomic mass is 10.3. The maximum Gasteiger partial charge on any atom is 0.213 e. The van der Waals surface area contributed by atoms with Gasteiger partial charge in [0.1, 0.15) is 0 Å². The largest absolute Gasteiger partial charge is 0.478 e. The number of hydrogen-bond donors (Lipinski definition) is 1. The van der Waals surface area contributed by atoms with Gasteiger partial charge in [-0.15, -0.1) is 0 Å². The third-order valence-electron chi connectivity index (χ3n) is 1.39. The van der Waals surface area contributed by atoms with Crippen molar-refractivity contribution < 1.29 is 4.74 Å². The number of aryl methyl sites for hydroxylation is 1. The lowest BCUT2D eigenvalue weighted by Gasteiger charge is -2.03. The van der Waals surface area contributed by atoms with Crippen molar-refractivity contribution in [2.24, 2.45) is 0 Å². The normalized spacial score (nSPS) is 9.64. The quantitative estimate of drug-likeness (QED) is 0.696. The van der Waals surface area contributed by atoms with Crippen LogP contribution in [0.2, 0.25) is 0 Å². The Morgan fingerprint density at radius 3 is 2.82 bits per heavy atom. The highest BCUT2D eigenvalue weighted by molar-refractivity contribution is 5.43. The summed E-state index contributed by atoms with van der Waals surface area (Å²) in [6, 6.07) is 3.57. The zero-order chi connectivity index (χ0) is 8.27. The Balaban J connectivity index is 2.86. The van der Waals surface area contributed by atoms with Gasteiger partial charge in [0.15, 0.2) is 0 Å². The number of nitrogen functional groups attached to an aromatic ring is 1. The van der Waals surface area contributed by atoms with Crippen LogP contribution in [0, 0.1) is 6.92 Å². The van der Waals surface area contributed by atoms with Crippen LogP contribution in [0.15, 0.2) is 12.1 Å². The lowest BCUT2D eigenvalue weighted by Crippen LogP contribution is -1.98. The average Bonchev–Trinajstić information content (AvgIpc) is 1.98. The molecule has 2 N–H and O–H groups in total. The summed E-state index contributed by atoms with van der Waals surface area (Å²) >= 11 is 0. The highest BCUT2D eigenvalue weighted by Gasteiger charge is 1.96. The average molecular weight is 152 g/mol. The van der Waals surface area contributed by atoms with E-state index in [-0.39, 0.29) is 0 Å². The van der Waals surface area contributed by atoms with Gasteiger partial charge in [-0.05, 0) is 19.9 Å². The second-order valence-electron chi connectivity index (χ2n) is 2.26. The van der Waals surface area contributed by atoms with Crippen molar-refractivity contribution >= 4 is 5.69 Å². The Morgan fingerprint density at radius 2 is 2.27 bits per heavy atom. The van der Waals surface area contributed by atoms with Crippen molar-refractivity contribution in [2.45, 2.75) is 13.8 Å². The van der Waals surface area contributed by atoms with Gasteiger partial charge in [-0.2, -0.15) is 0 Å². The third-order valence-corrected chi connectivity index (χ3v) is 1.39. The van der Waals surface area contributed by atoms with Crippen LogP contribution in [0.3, 0.4) is 0 Å². The van der Waals surface area contributed by atoms with Gasteiger partial charge in [0.2, 0.25) is 5.88 Å². The number of anilines is 1. The van der Waals surface area contributed by atoms with Crippen LogP contribution in [0.5, 0.6) is 5.88 Å². The van der Waals surface area contributed by atoms with Crippen molar-refractivity contribution in [3.63, 3.8) is 0 Å². The number of nitrogens with two attached hydrogens (primary N) is 1. The first-order valence-electron chi connectivity index (χ1n) is 3.60. The fraction of sp³-hybridized carbons (Fsp3) is 0.375. The van der Waals surface area contributed by atoms with E-state index in [1.165, 1.54) is 0 Å². The fourth-order valence-corrected chi connectivity index (χ4v) is 0.777. The molecule has 0 atom stereocenters. The molecule has 11 heavy (non-hydrogen) atoms. The molecule has 0 radical (unpaired) electrons. The number of aromatic nitrogens is 1. The van der Waals surface area contributed by atoms with Crippen LogP contribution in [0.4, 0.5) is 5.69 Å². The molecule has 0 aliphatic carbocycles. The molecule has 0 fully saturated rings. The molecule has 3 heteroatoms. The third kappa shape index (κ3) is 1.83. The molecule has 0 amide bonds. The van der Waals surface area contributed by atoms with E-state index in [4.69, 9.17) is 10.5 Å². The highest BCUT2D eigenvalue weighted by Crippen LogP contribution is 2.13. The summed E-state index contributed by atoms with van der Waals surface area (Å²) < 4.78 is 5.18. The van der Waals surface area contributed by atoms with Crippen LogP contribution >= 0.6 is 0 Å². The second kappa shape index (κ2) is 3.23. The molecule has 0 saturated heterocycles. The molecule has 3 nitrogen and oxygen atoms in total. The molecule has 0 aromatic carbocycles. The second-order valence-corrected chi connectivity index (χ2v) is 2.26. The van der Waals surface area contributed by atoms with Crippen molar-refractivity contribution in [2.75, 3.05) is 12.3 Å². The molecule has 1 aromatic rings. The Labute approximate surface area is 66.2 Å². The Kier molecular flexibility index (Phi) is 2.31. The lowest BCUT2D eigenvalue weighted by molar-refractivity contribution is 0.326. The number of rotatable bonds is 2. The zero-order valence-electron chi connectivity index (χ0n) is 6.79. The first kappa shape index (κ1) is 7.85. The summed E-state index contributed by atoms with van der Waals surface area (Å²) in [4.78, 5) is 4.12. The summed E-state index contributed by atoms with van der Waals surface area (Å²) in [5.41, 5.74) is 7.08. The van der Waals surface area contributed by atoms with E-state index < -0.39 is 0 Å². The van der Waals surface area contributed by atoms with E-state index in [1.54, 1.807) is 12.1 Å². The first-order valence-corrected chi connectivity index (χ1v) is 3.60. The van der Waals surface area contributed by atoms with Crippen molar-refractivity contribution in [1.29, 1.82) is 0 Å². The standard InChI is InChI=1S/C8H12N2O/c1-3-11-8-5-4-7(9)6(2)10-8/h4-5H,3,9H2,1-2H3. The van der Waals surface area contributed by atoms with Gasteiger partial charge in [-0.25, -0.2) is 4.98 Å². The summed E-state index contributed by atoms with van der Waals surface area (Å²) in [7, 11) is 0. The molecule has 1 rings (SSSR count). The van der Waals surface area contributed by atoms with Gasteiger partial charge >= 0.3 is 0 Å². The molecule has 1 heterocycles. The van der Waals surface area contributed by atoms with E-state index in [9.17, 15) is 0 Å². The summed E-state index contributed by atoms with van der Waals surface area (Å²) in [5, 5.41) is 0. The molecule has 0 aliphatic rings. The molecule has 0 unspecified atom stereocenters. The maximum absolute atomic E-state index is 5.57. The SMILES string of the molecule is CCOc1ccc(N)c(C)n1. The molecule has 0 saturated carbocycles. The number of nitrogens with zero attached hydrogens (tertiary/aromatic N) is 1. The molecule has 0 spiro atoms. The topological polar surface area (TPSA) is 48.1 Å². The monoisotopic (exact) mass is 152 g/mol. The van der Waals surface area contributed by atoms with Gasteiger partial charge in [0, 0.05) is 6.07 Å². The van der Waals surface area contributed by atoms with Gasteiger partial charge in [-0.1, -0.05) is 0 Å². The molecular weight excluding hydrogens is 140 g/mol. The predicted octanol–water partition coefficient (Wildman–Crippen LogP) is 1.37. The van der Waals surface area contributed by atoms with E-state index in [2.05, 4.69) is 4.98 Å². The Bertz CT molecular complexity index is 248. The van der Waals surface area contributed by atoms with Gasteiger partial charge < -0.3 is 10.5 Å². The Hall–Kier alpha value is -1.25. The summed E-state index contributed by atoms with van der Waals surface area (Å²) in [6.07, 6.45) is 0. The predicted molar refractivity (Wildman–Crippen MR) is 44.6 cm³/mol. The summed E-state index contributed by atoms with van der Waals surface area (Å²) in [5.74, 6) is 0.638. The van der Waals surface area contributed by atoms with Crippen LogP contribution in [0.25, 0.3) is 0 Å². The molecule has 1 aromatic heterocycles. The van der Waals surface area contributed by atoms with E-state index >= 15 is 0 Å². The van der Waals surface area contributed by atoms with E-state index in [0.717, 1.165) is 5.69 Å². The van der Waals surface area contributed by atoms with Crippen molar-refractivity contribution in [1.82, 2.24) is 4.98 Å². The number of pyridine rings is 1. The molecule has 60 valence electrons. The smallest absolute Gasteiger partial charge is 0.213 e. The number of ether oxygens (including phenoxy) is 1. The first-order chi connectivity index (χ1) is 5.24. The van der Waals surface area contributed by atoms with Gasteiger partial charge in [0.25, 0.3) is 0 Å². The maximum atomic E-state index is 5.57.